The summed E-state index contributed by atoms with van der Waals surface area (Å²) in [5, 5.41) is 7.61. The molecule has 2 heterocycles. The molecule has 162 valence electrons. The molecule has 1 fully saturated rings. The molecule has 0 saturated carbocycles. The molecule has 7 heteroatoms. The van der Waals surface area contributed by atoms with Gasteiger partial charge in [0.2, 0.25) is 5.91 Å². The molecule has 1 saturated heterocycles. The molecule has 1 aromatic carbocycles. The van der Waals surface area contributed by atoms with Gasteiger partial charge in [-0.3, -0.25) is 14.4 Å². The van der Waals surface area contributed by atoms with E-state index in [4.69, 9.17) is 0 Å². The predicted octanol–water partition coefficient (Wildman–Crippen LogP) is 3.72. The fraction of sp³-hybridized carbons (Fsp3) is 0.478. The number of piperidine rings is 1. The van der Waals surface area contributed by atoms with E-state index >= 15 is 0 Å². The van der Waals surface area contributed by atoms with E-state index in [1.807, 2.05) is 24.6 Å². The van der Waals surface area contributed by atoms with E-state index in [2.05, 4.69) is 41.6 Å². The second kappa shape index (κ2) is 9.98. The molecule has 1 aromatic heterocycles. The zero-order chi connectivity index (χ0) is 21.7. The second-order valence-electron chi connectivity index (χ2n) is 8.04. The first-order chi connectivity index (χ1) is 14.3. The Balaban J connectivity index is 1.56. The lowest BCUT2D eigenvalue weighted by molar-refractivity contribution is -0.117. The highest BCUT2D eigenvalue weighted by molar-refractivity contribution is 5.92. The summed E-state index contributed by atoms with van der Waals surface area (Å²) < 4.78 is 26.9. The number of carbonyl (C=O) groups is 1. The summed E-state index contributed by atoms with van der Waals surface area (Å²) in [5.41, 5.74) is 5.24. The topological polar surface area (TPSA) is 50.2 Å². The van der Waals surface area contributed by atoms with Crippen molar-refractivity contribution in [1.29, 1.82) is 0 Å². The fourth-order valence-electron chi connectivity index (χ4n) is 3.84. The Morgan fingerprint density at radius 2 is 1.87 bits per heavy atom. The third-order valence-electron chi connectivity index (χ3n) is 5.62. The van der Waals surface area contributed by atoms with Gasteiger partial charge in [-0.15, -0.1) is 0 Å². The fourth-order valence-corrected chi connectivity index (χ4v) is 3.84. The Labute approximate surface area is 176 Å². The maximum absolute atomic E-state index is 12.5. The number of amides is 1. The van der Waals surface area contributed by atoms with Gasteiger partial charge in [0, 0.05) is 36.5 Å². The van der Waals surface area contributed by atoms with Gasteiger partial charge in [-0.2, -0.15) is 5.10 Å². The third kappa shape index (κ3) is 5.98. The normalized spacial score (nSPS) is 15.9. The van der Waals surface area contributed by atoms with Crippen LogP contribution in [0.3, 0.4) is 0 Å². The molecular formula is C23H30F2N4O. The zero-order valence-electron chi connectivity index (χ0n) is 17.9. The Kier molecular flexibility index (Phi) is 7.37. The number of benzene rings is 1. The van der Waals surface area contributed by atoms with Gasteiger partial charge in [0.05, 0.1) is 18.8 Å². The van der Waals surface area contributed by atoms with Crippen LogP contribution in [0.2, 0.25) is 0 Å². The average molecular weight is 417 g/mol. The summed E-state index contributed by atoms with van der Waals surface area (Å²) in [6.07, 6.45) is 2.43. The zero-order valence-corrected chi connectivity index (χ0v) is 17.9. The second-order valence-corrected chi connectivity index (χ2v) is 8.04. The SMILES string of the molecule is Cc1ccc(Cn2nc(C)c(/C=C/C(=O)NC3CCN(CC(F)F)CC3)c2C)cc1. The van der Waals surface area contributed by atoms with Gasteiger partial charge >= 0.3 is 0 Å². The first-order valence-corrected chi connectivity index (χ1v) is 10.4. The highest BCUT2D eigenvalue weighted by Crippen LogP contribution is 2.17. The van der Waals surface area contributed by atoms with Crippen LogP contribution < -0.4 is 5.32 Å². The van der Waals surface area contributed by atoms with Crippen LogP contribution in [0, 0.1) is 20.8 Å². The average Bonchev–Trinajstić information content (AvgIpc) is 2.96. The van der Waals surface area contributed by atoms with Gasteiger partial charge in [0.15, 0.2) is 0 Å². The van der Waals surface area contributed by atoms with Gasteiger partial charge in [-0.25, -0.2) is 8.78 Å². The van der Waals surface area contributed by atoms with Crippen LogP contribution in [0.15, 0.2) is 30.3 Å². The van der Waals surface area contributed by atoms with Crippen LogP contribution in [0.1, 0.15) is 40.9 Å². The molecule has 1 aliphatic heterocycles. The molecule has 0 radical (unpaired) electrons. The molecule has 1 aliphatic rings. The number of rotatable bonds is 7. The minimum atomic E-state index is -2.31. The summed E-state index contributed by atoms with van der Waals surface area (Å²) in [6, 6.07) is 8.40. The summed E-state index contributed by atoms with van der Waals surface area (Å²) in [5.74, 6) is -0.160. The molecule has 1 amide bonds. The monoisotopic (exact) mass is 416 g/mol. The lowest BCUT2D eigenvalue weighted by Gasteiger charge is -2.31. The number of hydrogen-bond acceptors (Lipinski definition) is 3. The van der Waals surface area contributed by atoms with Gasteiger partial charge in [-0.1, -0.05) is 29.8 Å². The lowest BCUT2D eigenvalue weighted by atomic mass is 10.0. The number of likely N-dealkylation sites (tertiary alicyclic amines) is 1. The third-order valence-corrected chi connectivity index (χ3v) is 5.62. The van der Waals surface area contributed by atoms with Crippen molar-refractivity contribution in [3.8, 4) is 0 Å². The van der Waals surface area contributed by atoms with Crippen molar-refractivity contribution < 1.29 is 13.6 Å². The van der Waals surface area contributed by atoms with Crippen LogP contribution in [-0.2, 0) is 11.3 Å². The van der Waals surface area contributed by atoms with Gasteiger partial charge in [0.25, 0.3) is 6.43 Å². The van der Waals surface area contributed by atoms with Crippen LogP contribution in [0.25, 0.3) is 6.08 Å². The van der Waals surface area contributed by atoms with Gasteiger partial charge in [0.1, 0.15) is 0 Å². The molecule has 5 nitrogen and oxygen atoms in total. The summed E-state index contributed by atoms with van der Waals surface area (Å²) in [7, 11) is 0. The van der Waals surface area contributed by atoms with Crippen molar-refractivity contribution in [3.05, 3.63) is 58.4 Å². The number of aryl methyl sites for hydroxylation is 2. The number of aromatic nitrogens is 2. The molecule has 0 aliphatic carbocycles. The van der Waals surface area contributed by atoms with E-state index in [-0.39, 0.29) is 18.5 Å². The molecular weight excluding hydrogens is 386 g/mol. The van der Waals surface area contributed by atoms with Gasteiger partial charge < -0.3 is 5.32 Å². The molecule has 30 heavy (non-hydrogen) atoms. The smallest absolute Gasteiger partial charge is 0.251 e. The Morgan fingerprint density at radius 1 is 1.20 bits per heavy atom. The first-order valence-electron chi connectivity index (χ1n) is 10.4. The number of nitrogens with one attached hydrogen (secondary N) is 1. The first kappa shape index (κ1) is 22.2. The van der Waals surface area contributed by atoms with Crippen molar-refractivity contribution in [2.75, 3.05) is 19.6 Å². The summed E-state index contributed by atoms with van der Waals surface area (Å²) in [6.45, 7) is 7.68. The minimum absolute atomic E-state index is 0.0301. The molecule has 0 bridgehead atoms. The number of carbonyl (C=O) groups excluding carboxylic acids is 1. The maximum Gasteiger partial charge on any atom is 0.251 e. The van der Waals surface area contributed by atoms with Crippen LogP contribution in [0.4, 0.5) is 8.78 Å². The van der Waals surface area contributed by atoms with Crippen molar-refractivity contribution in [3.63, 3.8) is 0 Å². The lowest BCUT2D eigenvalue weighted by Crippen LogP contribution is -2.45. The standard InChI is InChI=1S/C23H30F2N4O/c1-16-4-6-19(7-5-16)14-29-18(3)21(17(2)27-29)8-9-23(30)26-20-10-12-28(13-11-20)15-22(24)25/h4-9,20,22H,10-15H2,1-3H3,(H,26,30)/b9-8+. The van der Waals surface area contributed by atoms with Crippen LogP contribution in [-0.4, -0.2) is 52.7 Å². The number of nitrogens with zero attached hydrogens (tertiary/aromatic N) is 3. The molecule has 0 spiro atoms. The molecule has 1 N–H and O–H groups in total. The summed E-state index contributed by atoms with van der Waals surface area (Å²) in [4.78, 5) is 14.1. The Hall–Kier alpha value is -2.54. The van der Waals surface area contributed by atoms with Crippen LogP contribution in [0.5, 0.6) is 0 Å². The molecule has 2 aromatic rings. The highest BCUT2D eigenvalue weighted by atomic mass is 19.3. The molecule has 3 rings (SSSR count). The Bertz CT molecular complexity index is 881. The van der Waals surface area contributed by atoms with E-state index in [1.165, 1.54) is 11.1 Å². The van der Waals surface area contributed by atoms with E-state index in [9.17, 15) is 13.6 Å². The number of hydrogen-bond donors (Lipinski definition) is 1. The van der Waals surface area contributed by atoms with Crippen molar-refractivity contribution in [2.24, 2.45) is 0 Å². The van der Waals surface area contributed by atoms with E-state index in [0.29, 0.717) is 32.5 Å². The quantitative estimate of drug-likeness (QED) is 0.700. The largest absolute Gasteiger partial charge is 0.350 e. The van der Waals surface area contributed by atoms with E-state index in [1.54, 1.807) is 11.0 Å². The van der Waals surface area contributed by atoms with E-state index < -0.39 is 6.43 Å². The van der Waals surface area contributed by atoms with Crippen molar-refractivity contribution in [1.82, 2.24) is 20.0 Å². The predicted molar refractivity (Wildman–Crippen MR) is 115 cm³/mol. The molecule has 0 atom stereocenters. The number of halogens is 2. The minimum Gasteiger partial charge on any atom is -0.350 e. The van der Waals surface area contributed by atoms with Crippen molar-refractivity contribution >= 4 is 12.0 Å². The number of alkyl halides is 2. The van der Waals surface area contributed by atoms with E-state index in [0.717, 1.165) is 17.0 Å². The van der Waals surface area contributed by atoms with Crippen molar-refractivity contribution in [2.45, 2.75) is 52.6 Å². The molecule has 0 unspecified atom stereocenters. The maximum atomic E-state index is 12.5. The Morgan fingerprint density at radius 3 is 2.50 bits per heavy atom. The van der Waals surface area contributed by atoms with Gasteiger partial charge in [-0.05, 0) is 45.3 Å². The highest BCUT2D eigenvalue weighted by Gasteiger charge is 2.22. The summed E-state index contributed by atoms with van der Waals surface area (Å²) >= 11 is 0. The van der Waals surface area contributed by atoms with Crippen LogP contribution >= 0.6 is 0 Å².